The van der Waals surface area contributed by atoms with Gasteiger partial charge in [0, 0.05) is 12.1 Å². The summed E-state index contributed by atoms with van der Waals surface area (Å²) in [6, 6.07) is 0. The number of thioether (sulfide) groups is 1. The van der Waals surface area contributed by atoms with Crippen molar-refractivity contribution in [1.82, 2.24) is 10.2 Å². The van der Waals surface area contributed by atoms with Crippen LogP contribution in [-0.2, 0) is 0 Å². The summed E-state index contributed by atoms with van der Waals surface area (Å²) in [5.74, 6) is 2.58. The highest BCUT2D eigenvalue weighted by atomic mass is 32.2. The van der Waals surface area contributed by atoms with E-state index in [1.807, 2.05) is 0 Å². The molecule has 1 aliphatic heterocycles. The van der Waals surface area contributed by atoms with Gasteiger partial charge in [-0.2, -0.15) is 11.8 Å². The molecule has 2 nitrogen and oxygen atoms in total. The number of nitrogens with one attached hydrogen (secondary N) is 1. The highest BCUT2D eigenvalue weighted by Gasteiger charge is 2.37. The normalized spacial score (nSPS) is 23.9. The minimum absolute atomic E-state index is 0.510. The van der Waals surface area contributed by atoms with E-state index in [1.165, 1.54) is 95.5 Å². The van der Waals surface area contributed by atoms with Crippen molar-refractivity contribution in [1.29, 1.82) is 0 Å². The first-order valence-electron chi connectivity index (χ1n) is 8.91. The Labute approximate surface area is 130 Å². The Hall–Kier alpha value is 0.270. The van der Waals surface area contributed by atoms with Gasteiger partial charge in [0.1, 0.15) is 0 Å². The molecule has 1 aliphatic carbocycles. The fourth-order valence-corrected chi connectivity index (χ4v) is 4.58. The van der Waals surface area contributed by atoms with Gasteiger partial charge in [-0.1, -0.05) is 32.6 Å². The van der Waals surface area contributed by atoms with Crippen LogP contribution in [0.5, 0.6) is 0 Å². The summed E-state index contributed by atoms with van der Waals surface area (Å²) in [6.07, 6.45) is 12.9. The Morgan fingerprint density at radius 3 is 2.40 bits per heavy atom. The summed E-state index contributed by atoms with van der Waals surface area (Å²) in [7, 11) is 0. The number of nitrogens with zero attached hydrogens (tertiary/aromatic N) is 1. The molecule has 2 aliphatic rings. The molecule has 0 radical (unpaired) electrons. The lowest BCUT2D eigenvalue weighted by molar-refractivity contribution is 0.0337. The van der Waals surface area contributed by atoms with E-state index in [-0.39, 0.29) is 0 Å². The molecular weight excluding hydrogens is 264 g/mol. The van der Waals surface area contributed by atoms with Gasteiger partial charge in [0.15, 0.2) is 0 Å². The zero-order valence-corrected chi connectivity index (χ0v) is 14.3. The summed E-state index contributed by atoms with van der Waals surface area (Å²) in [5.41, 5.74) is 0.510. The fraction of sp³-hybridized carbons (Fsp3) is 1.00. The topological polar surface area (TPSA) is 15.3 Å². The third kappa shape index (κ3) is 4.92. The van der Waals surface area contributed by atoms with Crippen LogP contribution in [0.4, 0.5) is 0 Å². The smallest absolute Gasteiger partial charge is 0.0333 e. The lowest BCUT2D eigenvalue weighted by Crippen LogP contribution is -2.57. The van der Waals surface area contributed by atoms with E-state index < -0.39 is 0 Å². The van der Waals surface area contributed by atoms with Crippen LogP contribution in [0.1, 0.15) is 64.7 Å². The minimum atomic E-state index is 0.510. The van der Waals surface area contributed by atoms with E-state index in [1.54, 1.807) is 0 Å². The maximum absolute atomic E-state index is 3.80. The van der Waals surface area contributed by atoms with E-state index in [0.29, 0.717) is 5.54 Å². The SMILES string of the molecule is CCSCCCNCC1(N2CCCCC2)CCCCC1. The van der Waals surface area contributed by atoms with Crippen molar-refractivity contribution in [3.63, 3.8) is 0 Å². The molecule has 0 aromatic rings. The van der Waals surface area contributed by atoms with Gasteiger partial charge in [0.05, 0.1) is 0 Å². The second-order valence-corrected chi connectivity index (χ2v) is 7.95. The van der Waals surface area contributed by atoms with E-state index in [9.17, 15) is 0 Å². The first kappa shape index (κ1) is 16.6. The van der Waals surface area contributed by atoms with Gasteiger partial charge in [-0.15, -0.1) is 0 Å². The van der Waals surface area contributed by atoms with Crippen LogP contribution in [0.2, 0.25) is 0 Å². The molecule has 0 atom stereocenters. The lowest BCUT2D eigenvalue weighted by Gasteiger charge is -2.48. The molecule has 1 heterocycles. The van der Waals surface area contributed by atoms with Crippen LogP contribution >= 0.6 is 11.8 Å². The third-order valence-electron chi connectivity index (χ3n) is 5.11. The quantitative estimate of drug-likeness (QED) is 0.684. The van der Waals surface area contributed by atoms with Crippen molar-refractivity contribution in [3.8, 4) is 0 Å². The highest BCUT2D eigenvalue weighted by Crippen LogP contribution is 2.35. The summed E-state index contributed by atoms with van der Waals surface area (Å²) < 4.78 is 0. The van der Waals surface area contributed by atoms with Crippen molar-refractivity contribution in [2.24, 2.45) is 0 Å². The molecule has 1 saturated heterocycles. The van der Waals surface area contributed by atoms with Gasteiger partial charge in [-0.3, -0.25) is 4.90 Å². The molecule has 1 saturated carbocycles. The average molecular weight is 299 g/mol. The summed E-state index contributed by atoms with van der Waals surface area (Å²) in [5, 5.41) is 3.80. The second-order valence-electron chi connectivity index (χ2n) is 6.56. The monoisotopic (exact) mass is 298 g/mol. The summed E-state index contributed by atoms with van der Waals surface area (Å²) in [6.45, 7) is 7.42. The summed E-state index contributed by atoms with van der Waals surface area (Å²) in [4.78, 5) is 2.85. The summed E-state index contributed by atoms with van der Waals surface area (Å²) >= 11 is 2.07. The van der Waals surface area contributed by atoms with Crippen molar-refractivity contribution < 1.29 is 0 Å². The Kier molecular flexibility index (Phi) is 7.75. The number of piperidine rings is 1. The molecule has 0 amide bonds. The maximum Gasteiger partial charge on any atom is 0.0333 e. The molecule has 2 rings (SSSR count). The van der Waals surface area contributed by atoms with E-state index in [2.05, 4.69) is 28.9 Å². The van der Waals surface area contributed by atoms with E-state index >= 15 is 0 Å². The molecule has 0 spiro atoms. The van der Waals surface area contributed by atoms with Crippen LogP contribution in [0.3, 0.4) is 0 Å². The van der Waals surface area contributed by atoms with E-state index in [0.717, 1.165) is 0 Å². The molecule has 0 bridgehead atoms. The van der Waals surface area contributed by atoms with E-state index in [4.69, 9.17) is 0 Å². The van der Waals surface area contributed by atoms with Gasteiger partial charge in [0.2, 0.25) is 0 Å². The first-order chi connectivity index (χ1) is 9.87. The van der Waals surface area contributed by atoms with Gasteiger partial charge in [0.25, 0.3) is 0 Å². The van der Waals surface area contributed by atoms with Crippen LogP contribution < -0.4 is 5.32 Å². The lowest BCUT2D eigenvalue weighted by atomic mass is 9.79. The largest absolute Gasteiger partial charge is 0.315 e. The van der Waals surface area contributed by atoms with Crippen LogP contribution in [-0.4, -0.2) is 48.1 Å². The van der Waals surface area contributed by atoms with Crippen molar-refractivity contribution in [2.75, 3.05) is 37.7 Å². The maximum atomic E-state index is 3.80. The second kappa shape index (κ2) is 9.32. The Bertz CT molecular complexity index is 245. The number of hydrogen-bond donors (Lipinski definition) is 1. The minimum Gasteiger partial charge on any atom is -0.315 e. The molecule has 2 fully saturated rings. The van der Waals surface area contributed by atoms with Gasteiger partial charge >= 0.3 is 0 Å². The van der Waals surface area contributed by atoms with Crippen LogP contribution in [0.25, 0.3) is 0 Å². The molecule has 1 N–H and O–H groups in total. The molecule has 3 heteroatoms. The molecule has 118 valence electrons. The number of rotatable bonds is 8. The molecule has 0 aromatic carbocycles. The van der Waals surface area contributed by atoms with Gasteiger partial charge in [-0.25, -0.2) is 0 Å². The van der Waals surface area contributed by atoms with Gasteiger partial charge in [-0.05, 0) is 63.2 Å². The highest BCUT2D eigenvalue weighted by molar-refractivity contribution is 7.99. The van der Waals surface area contributed by atoms with Crippen LogP contribution in [0.15, 0.2) is 0 Å². The molecular formula is C17H34N2S. The number of hydrogen-bond acceptors (Lipinski definition) is 3. The molecule has 0 aromatic heterocycles. The zero-order valence-electron chi connectivity index (χ0n) is 13.5. The number of likely N-dealkylation sites (tertiary alicyclic amines) is 1. The van der Waals surface area contributed by atoms with Gasteiger partial charge < -0.3 is 5.32 Å². The van der Waals surface area contributed by atoms with Crippen molar-refractivity contribution in [3.05, 3.63) is 0 Å². The molecule has 20 heavy (non-hydrogen) atoms. The zero-order chi connectivity index (χ0) is 14.1. The predicted octanol–water partition coefficient (Wildman–Crippen LogP) is 3.91. The Balaban J connectivity index is 1.77. The standard InChI is InChI=1S/C17H34N2S/c1-2-20-15-9-12-18-16-17(10-5-3-6-11-17)19-13-7-4-8-14-19/h18H,2-16H2,1H3. The average Bonchev–Trinajstić information content (AvgIpc) is 2.52. The first-order valence-corrected chi connectivity index (χ1v) is 10.1. The predicted molar refractivity (Wildman–Crippen MR) is 91.7 cm³/mol. The fourth-order valence-electron chi connectivity index (χ4n) is 3.95. The molecule has 0 unspecified atom stereocenters. The Morgan fingerprint density at radius 1 is 1.00 bits per heavy atom. The van der Waals surface area contributed by atoms with Crippen molar-refractivity contribution >= 4 is 11.8 Å². The van der Waals surface area contributed by atoms with Crippen molar-refractivity contribution in [2.45, 2.75) is 70.3 Å². The third-order valence-corrected chi connectivity index (χ3v) is 6.10. The van der Waals surface area contributed by atoms with Crippen LogP contribution in [0, 0.1) is 0 Å². The Morgan fingerprint density at radius 2 is 1.70 bits per heavy atom.